The summed E-state index contributed by atoms with van der Waals surface area (Å²) in [6.45, 7) is 0.182. The van der Waals surface area contributed by atoms with Gasteiger partial charge in [-0.3, -0.25) is 0 Å². The predicted molar refractivity (Wildman–Crippen MR) is 116 cm³/mol. The number of hydrogen-bond donors (Lipinski definition) is 1. The Hall–Kier alpha value is -3.66. The van der Waals surface area contributed by atoms with Crippen LogP contribution in [0.4, 0.5) is 0 Å². The topological polar surface area (TPSA) is 110 Å². The zero-order valence-corrected chi connectivity index (χ0v) is 17.8. The highest BCUT2D eigenvalue weighted by molar-refractivity contribution is 7.98. The first-order valence-electron chi connectivity index (χ1n) is 9.35. The number of nitrogens with zero attached hydrogens (tertiary/aromatic N) is 4. The van der Waals surface area contributed by atoms with Crippen LogP contribution in [0.2, 0.25) is 0 Å². The fourth-order valence-electron chi connectivity index (χ4n) is 2.76. The van der Waals surface area contributed by atoms with Gasteiger partial charge in [0.25, 0.3) is 0 Å². The molecule has 0 aliphatic carbocycles. The molecule has 2 N–H and O–H groups in total. The third kappa shape index (κ3) is 4.92. The molecule has 0 amide bonds. The molecule has 9 nitrogen and oxygen atoms in total. The number of benzene rings is 2. The number of aromatic nitrogens is 4. The third-order valence-electron chi connectivity index (χ3n) is 4.43. The number of hydrogen-bond acceptors (Lipinski definition) is 9. The smallest absolute Gasteiger partial charge is 0.210 e. The van der Waals surface area contributed by atoms with E-state index >= 15 is 0 Å². The molecule has 0 aliphatic rings. The van der Waals surface area contributed by atoms with E-state index in [9.17, 15) is 0 Å². The highest BCUT2D eigenvalue weighted by Crippen LogP contribution is 2.26. The Labute approximate surface area is 183 Å². The standard InChI is InChI=1S/C21H21N5O4S/c1-27-15-8-6-14(7-9-15)19-11-18(30-25-19)13-31-21-24-23-20(26(21)22)12-29-17-5-3-4-16(10-17)28-2/h3-11H,12-13,22H2,1-2H3. The van der Waals surface area contributed by atoms with E-state index in [1.54, 1.807) is 20.3 Å². The molecule has 0 bridgehead atoms. The minimum absolute atomic E-state index is 0.182. The summed E-state index contributed by atoms with van der Waals surface area (Å²) in [5, 5.41) is 12.9. The summed E-state index contributed by atoms with van der Waals surface area (Å²) in [5.41, 5.74) is 1.69. The third-order valence-corrected chi connectivity index (χ3v) is 5.40. The molecule has 0 atom stereocenters. The Bertz CT molecular complexity index is 1140. The van der Waals surface area contributed by atoms with E-state index in [0.717, 1.165) is 17.0 Å². The summed E-state index contributed by atoms with van der Waals surface area (Å²) in [6, 6.07) is 16.8. The monoisotopic (exact) mass is 439 g/mol. The van der Waals surface area contributed by atoms with Crippen molar-refractivity contribution in [1.82, 2.24) is 20.0 Å². The van der Waals surface area contributed by atoms with Crippen LogP contribution in [0.3, 0.4) is 0 Å². The van der Waals surface area contributed by atoms with Gasteiger partial charge < -0.3 is 24.6 Å². The van der Waals surface area contributed by atoms with Crippen LogP contribution in [0, 0.1) is 0 Å². The van der Waals surface area contributed by atoms with Gasteiger partial charge in [-0.15, -0.1) is 10.2 Å². The Kier molecular flexibility index (Phi) is 6.27. The molecule has 31 heavy (non-hydrogen) atoms. The molecule has 0 fully saturated rings. The van der Waals surface area contributed by atoms with Crippen molar-refractivity contribution in [3.8, 4) is 28.5 Å². The van der Waals surface area contributed by atoms with Crippen LogP contribution < -0.4 is 20.1 Å². The summed E-state index contributed by atoms with van der Waals surface area (Å²) in [7, 11) is 3.24. The van der Waals surface area contributed by atoms with Crippen LogP contribution in [0.1, 0.15) is 11.6 Å². The van der Waals surface area contributed by atoms with Gasteiger partial charge >= 0.3 is 0 Å². The molecule has 2 heterocycles. The van der Waals surface area contributed by atoms with E-state index < -0.39 is 0 Å². The van der Waals surface area contributed by atoms with Gasteiger partial charge in [-0.05, 0) is 36.4 Å². The molecule has 2 aromatic carbocycles. The first kappa shape index (κ1) is 20.6. The first-order valence-corrected chi connectivity index (χ1v) is 10.3. The lowest BCUT2D eigenvalue weighted by molar-refractivity contribution is 0.289. The normalized spacial score (nSPS) is 10.8. The summed E-state index contributed by atoms with van der Waals surface area (Å²) in [6.07, 6.45) is 0. The molecule has 0 spiro atoms. The first-order chi connectivity index (χ1) is 15.2. The van der Waals surface area contributed by atoms with Gasteiger partial charge in [-0.2, -0.15) is 0 Å². The molecule has 10 heteroatoms. The average Bonchev–Trinajstić information content (AvgIpc) is 3.43. The van der Waals surface area contributed by atoms with Gasteiger partial charge in [0.05, 0.1) is 20.0 Å². The van der Waals surface area contributed by atoms with E-state index in [4.69, 9.17) is 24.6 Å². The van der Waals surface area contributed by atoms with Gasteiger partial charge in [-0.1, -0.05) is 23.0 Å². The maximum atomic E-state index is 6.12. The molecule has 160 valence electrons. The van der Waals surface area contributed by atoms with Crippen molar-refractivity contribution in [2.24, 2.45) is 0 Å². The van der Waals surface area contributed by atoms with Gasteiger partial charge in [0.1, 0.15) is 35.3 Å². The van der Waals surface area contributed by atoms with E-state index in [1.165, 1.54) is 16.4 Å². The van der Waals surface area contributed by atoms with Crippen LogP contribution in [0.5, 0.6) is 17.2 Å². The van der Waals surface area contributed by atoms with Gasteiger partial charge in [0.15, 0.2) is 5.82 Å². The Balaban J connectivity index is 1.35. The van der Waals surface area contributed by atoms with Crippen molar-refractivity contribution < 1.29 is 18.7 Å². The van der Waals surface area contributed by atoms with Gasteiger partial charge in [0.2, 0.25) is 5.16 Å². The largest absolute Gasteiger partial charge is 0.497 e. The molecular weight excluding hydrogens is 418 g/mol. The molecule has 2 aromatic heterocycles. The van der Waals surface area contributed by atoms with E-state index in [-0.39, 0.29) is 6.61 Å². The quantitative estimate of drug-likeness (QED) is 0.309. The van der Waals surface area contributed by atoms with Crippen molar-refractivity contribution in [3.05, 3.63) is 66.2 Å². The van der Waals surface area contributed by atoms with E-state index in [2.05, 4.69) is 15.4 Å². The number of nitrogens with two attached hydrogens (primary N) is 1. The minimum Gasteiger partial charge on any atom is -0.497 e. The van der Waals surface area contributed by atoms with Crippen molar-refractivity contribution >= 4 is 11.8 Å². The van der Waals surface area contributed by atoms with Crippen molar-refractivity contribution in [2.75, 3.05) is 20.1 Å². The summed E-state index contributed by atoms with van der Waals surface area (Å²) < 4.78 is 22.9. The highest BCUT2D eigenvalue weighted by atomic mass is 32.2. The zero-order chi connectivity index (χ0) is 21.6. The lowest BCUT2D eigenvalue weighted by Gasteiger charge is -2.07. The van der Waals surface area contributed by atoms with Crippen LogP contribution >= 0.6 is 11.8 Å². The number of methoxy groups -OCH3 is 2. The van der Waals surface area contributed by atoms with Crippen LogP contribution in [0.25, 0.3) is 11.3 Å². The fraction of sp³-hybridized carbons (Fsp3) is 0.190. The average molecular weight is 439 g/mol. The zero-order valence-electron chi connectivity index (χ0n) is 17.0. The number of ether oxygens (including phenoxy) is 3. The van der Waals surface area contributed by atoms with Crippen LogP contribution in [-0.2, 0) is 12.4 Å². The highest BCUT2D eigenvalue weighted by Gasteiger charge is 2.13. The Morgan fingerprint density at radius 1 is 0.968 bits per heavy atom. The molecule has 0 aliphatic heterocycles. The lowest BCUT2D eigenvalue weighted by Crippen LogP contribution is -2.15. The summed E-state index contributed by atoms with van der Waals surface area (Å²) >= 11 is 1.40. The molecule has 0 unspecified atom stereocenters. The summed E-state index contributed by atoms with van der Waals surface area (Å²) in [5.74, 6) is 9.99. The van der Waals surface area contributed by atoms with E-state index in [1.807, 2.05) is 48.5 Å². The van der Waals surface area contributed by atoms with E-state index in [0.29, 0.717) is 34.0 Å². The summed E-state index contributed by atoms with van der Waals surface area (Å²) in [4.78, 5) is 0. The van der Waals surface area contributed by atoms with Crippen molar-refractivity contribution in [2.45, 2.75) is 17.5 Å². The van der Waals surface area contributed by atoms with Crippen LogP contribution in [0.15, 0.2) is 64.3 Å². The number of thioether (sulfide) groups is 1. The molecular formula is C21H21N5O4S. The van der Waals surface area contributed by atoms with Crippen molar-refractivity contribution in [1.29, 1.82) is 0 Å². The maximum absolute atomic E-state index is 6.12. The maximum Gasteiger partial charge on any atom is 0.210 e. The second-order valence-electron chi connectivity index (χ2n) is 6.43. The minimum atomic E-state index is 0.182. The number of rotatable bonds is 9. The second-order valence-corrected chi connectivity index (χ2v) is 7.37. The van der Waals surface area contributed by atoms with Crippen LogP contribution in [-0.4, -0.2) is 34.2 Å². The van der Waals surface area contributed by atoms with Gasteiger partial charge in [-0.25, -0.2) is 4.68 Å². The molecule has 0 saturated heterocycles. The Morgan fingerprint density at radius 2 is 1.74 bits per heavy atom. The molecule has 4 aromatic rings. The molecule has 0 radical (unpaired) electrons. The second kappa shape index (κ2) is 9.43. The number of nitrogen functional groups attached to an aromatic ring is 1. The van der Waals surface area contributed by atoms with Gasteiger partial charge in [0, 0.05) is 17.7 Å². The lowest BCUT2D eigenvalue weighted by atomic mass is 10.1. The van der Waals surface area contributed by atoms with Crippen molar-refractivity contribution in [3.63, 3.8) is 0 Å². The molecule has 4 rings (SSSR count). The predicted octanol–water partition coefficient (Wildman–Crippen LogP) is 3.54. The Morgan fingerprint density at radius 3 is 2.52 bits per heavy atom. The fourth-order valence-corrected chi connectivity index (χ4v) is 3.51. The molecule has 0 saturated carbocycles. The SMILES string of the molecule is COc1ccc(-c2cc(CSc3nnc(COc4cccc(OC)c4)n3N)on2)cc1.